The predicted octanol–water partition coefficient (Wildman–Crippen LogP) is 3.42. The molecule has 0 radical (unpaired) electrons. The van der Waals surface area contributed by atoms with Crippen LogP contribution in [0.2, 0.25) is 0 Å². The molecular formula is C25H30N4O2. The largest absolute Gasteiger partial charge is 0.342 e. The van der Waals surface area contributed by atoms with Crippen molar-refractivity contribution in [3.8, 4) is 11.1 Å². The van der Waals surface area contributed by atoms with E-state index in [2.05, 4.69) is 46.6 Å². The fourth-order valence-electron chi connectivity index (χ4n) is 4.97. The van der Waals surface area contributed by atoms with Crippen molar-refractivity contribution >= 4 is 17.6 Å². The van der Waals surface area contributed by atoms with Gasteiger partial charge < -0.3 is 15.1 Å². The topological polar surface area (TPSA) is 55.9 Å². The second kappa shape index (κ2) is 8.71. The van der Waals surface area contributed by atoms with E-state index in [-0.39, 0.29) is 11.9 Å². The van der Waals surface area contributed by atoms with Gasteiger partial charge in [-0.15, -0.1) is 0 Å². The van der Waals surface area contributed by atoms with Crippen molar-refractivity contribution in [3.05, 3.63) is 53.6 Å². The van der Waals surface area contributed by atoms with Gasteiger partial charge in [-0.1, -0.05) is 30.3 Å². The quantitative estimate of drug-likeness (QED) is 0.709. The summed E-state index contributed by atoms with van der Waals surface area (Å²) in [5.74, 6) is 0.233. The SMILES string of the molecule is O=C(CN1CCN(C(=O)Nc2ccc3c(c2)Cc2ccccc2-3)CC1)N1CCCCC1. The second-order valence-electron chi connectivity index (χ2n) is 8.84. The van der Waals surface area contributed by atoms with Crippen LogP contribution in [-0.4, -0.2) is 72.5 Å². The van der Waals surface area contributed by atoms with Gasteiger partial charge in [-0.2, -0.15) is 0 Å². The Bertz CT molecular complexity index is 975. The molecule has 0 atom stereocenters. The molecule has 162 valence electrons. The van der Waals surface area contributed by atoms with E-state index in [4.69, 9.17) is 0 Å². The molecule has 1 aliphatic carbocycles. The van der Waals surface area contributed by atoms with Gasteiger partial charge in [-0.25, -0.2) is 4.79 Å². The van der Waals surface area contributed by atoms with Crippen LogP contribution < -0.4 is 5.32 Å². The Morgan fingerprint density at radius 2 is 1.52 bits per heavy atom. The molecule has 0 aromatic heterocycles. The van der Waals surface area contributed by atoms with Crippen molar-refractivity contribution in [2.24, 2.45) is 0 Å². The zero-order chi connectivity index (χ0) is 21.2. The first-order valence-electron chi connectivity index (χ1n) is 11.4. The number of nitrogens with zero attached hydrogens (tertiary/aromatic N) is 3. The smallest absolute Gasteiger partial charge is 0.321 e. The van der Waals surface area contributed by atoms with Gasteiger partial charge in [0.15, 0.2) is 0 Å². The molecule has 1 N–H and O–H groups in total. The van der Waals surface area contributed by atoms with Crippen molar-refractivity contribution in [2.45, 2.75) is 25.7 Å². The van der Waals surface area contributed by atoms with Gasteiger partial charge in [0.05, 0.1) is 6.54 Å². The summed E-state index contributed by atoms with van der Waals surface area (Å²) >= 11 is 0. The third kappa shape index (κ3) is 4.30. The van der Waals surface area contributed by atoms with Crippen LogP contribution in [0.5, 0.6) is 0 Å². The molecule has 2 aliphatic heterocycles. The summed E-state index contributed by atoms with van der Waals surface area (Å²) in [5, 5.41) is 3.07. The lowest BCUT2D eigenvalue weighted by Crippen LogP contribution is -2.52. The molecule has 0 unspecified atom stereocenters. The minimum Gasteiger partial charge on any atom is -0.342 e. The lowest BCUT2D eigenvalue weighted by Gasteiger charge is -2.36. The maximum atomic E-state index is 12.8. The second-order valence-corrected chi connectivity index (χ2v) is 8.84. The molecule has 0 saturated carbocycles. The van der Waals surface area contributed by atoms with Crippen molar-refractivity contribution in [1.82, 2.24) is 14.7 Å². The molecule has 3 aliphatic rings. The van der Waals surface area contributed by atoms with Crippen molar-refractivity contribution in [3.63, 3.8) is 0 Å². The Hall–Kier alpha value is -2.86. The first kappa shape index (κ1) is 20.1. The molecule has 2 aromatic carbocycles. The fraction of sp³-hybridized carbons (Fsp3) is 0.440. The zero-order valence-corrected chi connectivity index (χ0v) is 18.0. The van der Waals surface area contributed by atoms with Crippen LogP contribution in [0.25, 0.3) is 11.1 Å². The van der Waals surface area contributed by atoms with E-state index in [0.29, 0.717) is 19.6 Å². The molecule has 3 amide bonds. The monoisotopic (exact) mass is 418 g/mol. The summed E-state index contributed by atoms with van der Waals surface area (Å²) < 4.78 is 0. The van der Waals surface area contributed by atoms with Crippen molar-refractivity contribution in [1.29, 1.82) is 0 Å². The number of benzene rings is 2. The molecule has 2 heterocycles. The number of hydrogen-bond donors (Lipinski definition) is 1. The van der Waals surface area contributed by atoms with Gasteiger partial charge in [0.1, 0.15) is 0 Å². The van der Waals surface area contributed by atoms with E-state index < -0.39 is 0 Å². The summed E-state index contributed by atoms with van der Waals surface area (Å²) in [6, 6.07) is 14.6. The third-order valence-corrected chi connectivity index (χ3v) is 6.77. The Morgan fingerprint density at radius 1 is 0.774 bits per heavy atom. The number of carbonyl (C=O) groups excluding carboxylic acids is 2. The van der Waals surface area contributed by atoms with Crippen LogP contribution in [0, 0.1) is 0 Å². The molecule has 2 fully saturated rings. The number of anilines is 1. The number of carbonyl (C=O) groups is 2. The predicted molar refractivity (Wildman–Crippen MR) is 122 cm³/mol. The number of urea groups is 1. The highest BCUT2D eigenvalue weighted by molar-refractivity contribution is 5.90. The molecule has 0 spiro atoms. The van der Waals surface area contributed by atoms with Crippen LogP contribution in [0.15, 0.2) is 42.5 Å². The normalized spacial score (nSPS) is 18.5. The molecule has 6 nitrogen and oxygen atoms in total. The van der Waals surface area contributed by atoms with Crippen LogP contribution in [0.3, 0.4) is 0 Å². The average molecular weight is 419 g/mol. The average Bonchev–Trinajstić information content (AvgIpc) is 3.18. The van der Waals surface area contributed by atoms with Gasteiger partial charge in [0.2, 0.25) is 5.91 Å². The standard InChI is InChI=1S/C25H30N4O2/c30-24(28-10-4-1-5-11-28)18-27-12-14-29(15-13-27)25(31)26-21-8-9-23-20(17-21)16-19-6-2-3-7-22(19)23/h2-3,6-9,17H,1,4-5,10-16,18H2,(H,26,31). The molecule has 6 heteroatoms. The minimum absolute atomic E-state index is 0.0579. The van der Waals surface area contributed by atoms with E-state index in [1.165, 1.54) is 28.7 Å². The highest BCUT2D eigenvalue weighted by Crippen LogP contribution is 2.37. The van der Waals surface area contributed by atoms with E-state index in [1.807, 2.05) is 15.9 Å². The highest BCUT2D eigenvalue weighted by Gasteiger charge is 2.25. The first-order chi connectivity index (χ1) is 15.2. The van der Waals surface area contributed by atoms with E-state index in [1.54, 1.807) is 0 Å². The molecular weight excluding hydrogens is 388 g/mol. The first-order valence-corrected chi connectivity index (χ1v) is 11.4. The number of hydrogen-bond acceptors (Lipinski definition) is 3. The van der Waals surface area contributed by atoms with Gasteiger partial charge in [0.25, 0.3) is 0 Å². The zero-order valence-electron chi connectivity index (χ0n) is 18.0. The van der Waals surface area contributed by atoms with Crippen LogP contribution in [0.1, 0.15) is 30.4 Å². The Labute approximate surface area is 183 Å². The van der Waals surface area contributed by atoms with Crippen LogP contribution >= 0.6 is 0 Å². The number of nitrogens with one attached hydrogen (secondary N) is 1. The summed E-state index contributed by atoms with van der Waals surface area (Å²) in [5.41, 5.74) is 6.02. The molecule has 2 saturated heterocycles. The number of fused-ring (bicyclic) bond motifs is 3. The number of likely N-dealkylation sites (tertiary alicyclic amines) is 1. The van der Waals surface area contributed by atoms with Gasteiger partial charge in [-0.05, 0) is 60.1 Å². The third-order valence-electron chi connectivity index (χ3n) is 6.77. The number of piperazine rings is 1. The molecule has 5 rings (SSSR count). The van der Waals surface area contributed by atoms with Gasteiger partial charge in [-0.3, -0.25) is 9.69 Å². The number of rotatable bonds is 3. The van der Waals surface area contributed by atoms with Crippen LogP contribution in [-0.2, 0) is 11.2 Å². The highest BCUT2D eigenvalue weighted by atomic mass is 16.2. The van der Waals surface area contributed by atoms with E-state index in [9.17, 15) is 9.59 Å². The van der Waals surface area contributed by atoms with Crippen LogP contribution in [0.4, 0.5) is 10.5 Å². The van der Waals surface area contributed by atoms with E-state index in [0.717, 1.165) is 51.1 Å². The molecule has 0 bridgehead atoms. The van der Waals surface area contributed by atoms with E-state index >= 15 is 0 Å². The summed E-state index contributed by atoms with van der Waals surface area (Å²) in [7, 11) is 0. The lowest BCUT2D eigenvalue weighted by atomic mass is 10.1. The number of piperidine rings is 1. The number of amides is 3. The van der Waals surface area contributed by atoms with Crippen molar-refractivity contribution < 1.29 is 9.59 Å². The summed E-state index contributed by atoms with van der Waals surface area (Å²) in [6.07, 6.45) is 4.39. The Morgan fingerprint density at radius 3 is 2.32 bits per heavy atom. The minimum atomic E-state index is -0.0579. The summed E-state index contributed by atoms with van der Waals surface area (Å²) in [4.78, 5) is 31.3. The van der Waals surface area contributed by atoms with Gasteiger partial charge >= 0.3 is 6.03 Å². The lowest BCUT2D eigenvalue weighted by molar-refractivity contribution is -0.133. The maximum absolute atomic E-state index is 12.8. The fourth-order valence-corrected chi connectivity index (χ4v) is 4.97. The Balaban J connectivity index is 1.13. The Kier molecular flexibility index (Phi) is 5.64. The maximum Gasteiger partial charge on any atom is 0.321 e. The van der Waals surface area contributed by atoms with Crippen molar-refractivity contribution in [2.75, 3.05) is 51.1 Å². The molecule has 31 heavy (non-hydrogen) atoms. The summed E-state index contributed by atoms with van der Waals surface area (Å²) in [6.45, 7) is 5.05. The molecule has 2 aromatic rings. The van der Waals surface area contributed by atoms with Gasteiger partial charge in [0, 0.05) is 45.0 Å².